The second-order valence-corrected chi connectivity index (χ2v) is 8.99. The summed E-state index contributed by atoms with van der Waals surface area (Å²) in [6, 6.07) is 0. The van der Waals surface area contributed by atoms with Gasteiger partial charge in [0.1, 0.15) is 5.78 Å². The summed E-state index contributed by atoms with van der Waals surface area (Å²) < 4.78 is 0. The largest absolute Gasteiger partial charge is 0.299 e. The van der Waals surface area contributed by atoms with Crippen LogP contribution in [-0.2, 0) is 9.59 Å². The zero-order valence-corrected chi connectivity index (χ0v) is 15.3. The first-order valence-corrected chi connectivity index (χ1v) is 9.38. The summed E-state index contributed by atoms with van der Waals surface area (Å²) in [5, 5.41) is 0. The van der Waals surface area contributed by atoms with E-state index in [1.54, 1.807) is 0 Å². The van der Waals surface area contributed by atoms with E-state index in [2.05, 4.69) is 34.3 Å². The zero-order valence-electron chi connectivity index (χ0n) is 15.3. The molecule has 24 heavy (non-hydrogen) atoms. The van der Waals surface area contributed by atoms with Crippen LogP contribution in [0.2, 0.25) is 0 Å². The highest BCUT2D eigenvalue weighted by Gasteiger charge is 2.61. The topological polar surface area (TPSA) is 34.1 Å². The SMILES string of the molecule is C=C1C(C)C2=CC(=O)C=C(C)[C@]2(C)[C@H]2CC[C@]3(C)C(=O)CC[C@H]3[C@H]12. The molecule has 0 aromatic rings. The Morgan fingerprint density at radius 2 is 1.83 bits per heavy atom. The molecule has 128 valence electrons. The highest BCUT2D eigenvalue weighted by molar-refractivity contribution is 6.02. The molecule has 3 fully saturated rings. The summed E-state index contributed by atoms with van der Waals surface area (Å²) >= 11 is 0. The summed E-state index contributed by atoms with van der Waals surface area (Å²) in [7, 11) is 0. The number of hydrogen-bond donors (Lipinski definition) is 0. The van der Waals surface area contributed by atoms with Crippen LogP contribution in [0.3, 0.4) is 0 Å². The maximum Gasteiger partial charge on any atom is 0.178 e. The molecular weight excluding hydrogens is 296 g/mol. The molecule has 0 aliphatic heterocycles. The van der Waals surface area contributed by atoms with Crippen molar-refractivity contribution in [2.45, 2.75) is 53.4 Å². The van der Waals surface area contributed by atoms with Gasteiger partial charge in [-0.25, -0.2) is 0 Å². The fraction of sp³-hybridized carbons (Fsp3) is 0.636. The van der Waals surface area contributed by atoms with Gasteiger partial charge in [-0.2, -0.15) is 0 Å². The predicted octanol–water partition coefficient (Wildman–Crippen LogP) is 4.67. The van der Waals surface area contributed by atoms with Gasteiger partial charge in [0.05, 0.1) is 0 Å². The van der Waals surface area contributed by atoms with Gasteiger partial charge in [-0.3, -0.25) is 9.59 Å². The summed E-state index contributed by atoms with van der Waals surface area (Å²) in [6.45, 7) is 13.3. The van der Waals surface area contributed by atoms with Crippen LogP contribution in [0.15, 0.2) is 35.5 Å². The van der Waals surface area contributed by atoms with E-state index in [4.69, 9.17) is 0 Å². The number of carbonyl (C=O) groups excluding carboxylic acids is 2. The van der Waals surface area contributed by atoms with Crippen LogP contribution in [-0.4, -0.2) is 11.6 Å². The number of allylic oxidation sites excluding steroid dienone is 5. The lowest BCUT2D eigenvalue weighted by molar-refractivity contribution is -0.130. The lowest BCUT2D eigenvalue weighted by atomic mass is 9.44. The molecule has 2 nitrogen and oxygen atoms in total. The van der Waals surface area contributed by atoms with E-state index in [0.29, 0.717) is 23.5 Å². The van der Waals surface area contributed by atoms with Gasteiger partial charge in [0.15, 0.2) is 5.78 Å². The highest BCUT2D eigenvalue weighted by Crippen LogP contribution is 2.67. The second-order valence-electron chi connectivity index (χ2n) is 8.99. The van der Waals surface area contributed by atoms with E-state index in [9.17, 15) is 9.59 Å². The maximum absolute atomic E-state index is 12.6. The van der Waals surface area contributed by atoms with E-state index < -0.39 is 0 Å². The summed E-state index contributed by atoms with van der Waals surface area (Å²) in [5.41, 5.74) is 3.52. The Balaban J connectivity index is 1.86. The number of rotatable bonds is 0. The number of Topliss-reactive ketones (excluding diaryl/α,β-unsaturated/α-hetero) is 1. The minimum absolute atomic E-state index is 0.0495. The van der Waals surface area contributed by atoms with Crippen LogP contribution in [0.5, 0.6) is 0 Å². The Morgan fingerprint density at radius 1 is 1.12 bits per heavy atom. The van der Waals surface area contributed by atoms with Crippen LogP contribution >= 0.6 is 0 Å². The Bertz CT molecular complexity index is 724. The number of carbonyl (C=O) groups is 2. The second kappa shape index (κ2) is 4.80. The highest BCUT2D eigenvalue weighted by atomic mass is 16.1. The maximum atomic E-state index is 12.6. The minimum Gasteiger partial charge on any atom is -0.299 e. The molecule has 0 saturated heterocycles. The molecule has 0 heterocycles. The molecule has 4 rings (SSSR count). The van der Waals surface area contributed by atoms with Gasteiger partial charge in [0.25, 0.3) is 0 Å². The Kier molecular flexibility index (Phi) is 3.21. The number of fused-ring (bicyclic) bond motifs is 5. The molecule has 0 spiro atoms. The monoisotopic (exact) mass is 324 g/mol. The molecule has 0 radical (unpaired) electrons. The van der Waals surface area contributed by atoms with Crippen molar-refractivity contribution in [2.75, 3.05) is 0 Å². The number of ketones is 2. The molecule has 4 aliphatic carbocycles. The van der Waals surface area contributed by atoms with Crippen molar-refractivity contribution in [3.8, 4) is 0 Å². The van der Waals surface area contributed by atoms with E-state index in [-0.39, 0.29) is 22.5 Å². The van der Waals surface area contributed by atoms with Gasteiger partial charge in [-0.1, -0.05) is 38.5 Å². The fourth-order valence-electron chi connectivity index (χ4n) is 6.58. The normalized spacial score (nSPS) is 47.6. The third kappa shape index (κ3) is 1.72. The van der Waals surface area contributed by atoms with Gasteiger partial charge >= 0.3 is 0 Å². The minimum atomic E-state index is -0.149. The van der Waals surface area contributed by atoms with Gasteiger partial charge < -0.3 is 0 Å². The van der Waals surface area contributed by atoms with E-state index >= 15 is 0 Å². The van der Waals surface area contributed by atoms with Crippen molar-refractivity contribution in [1.29, 1.82) is 0 Å². The van der Waals surface area contributed by atoms with E-state index in [1.165, 1.54) is 16.7 Å². The Hall–Kier alpha value is -1.44. The molecule has 0 bridgehead atoms. The average Bonchev–Trinajstić information content (AvgIpc) is 2.83. The Morgan fingerprint density at radius 3 is 2.54 bits per heavy atom. The van der Waals surface area contributed by atoms with Gasteiger partial charge in [-0.05, 0) is 67.6 Å². The van der Waals surface area contributed by atoms with Crippen LogP contribution in [0.25, 0.3) is 0 Å². The van der Waals surface area contributed by atoms with Crippen molar-refractivity contribution >= 4 is 11.6 Å². The van der Waals surface area contributed by atoms with Gasteiger partial charge in [-0.15, -0.1) is 0 Å². The van der Waals surface area contributed by atoms with Gasteiger partial charge in [0.2, 0.25) is 0 Å². The molecule has 4 aliphatic rings. The molecular formula is C22H28O2. The Labute approximate surface area is 145 Å². The van der Waals surface area contributed by atoms with E-state index in [0.717, 1.165) is 25.7 Å². The summed E-state index contributed by atoms with van der Waals surface area (Å²) in [4.78, 5) is 24.7. The molecule has 0 aromatic carbocycles. The average molecular weight is 324 g/mol. The van der Waals surface area contributed by atoms with Crippen molar-refractivity contribution in [1.82, 2.24) is 0 Å². The van der Waals surface area contributed by atoms with Gasteiger partial charge in [0, 0.05) is 17.3 Å². The molecule has 0 aromatic heterocycles. The first kappa shape index (κ1) is 16.1. The summed E-state index contributed by atoms with van der Waals surface area (Å²) in [6.07, 6.45) is 7.49. The first-order chi connectivity index (χ1) is 11.2. The third-order valence-corrected chi connectivity index (χ3v) is 8.25. The molecule has 3 saturated carbocycles. The van der Waals surface area contributed by atoms with Crippen LogP contribution < -0.4 is 0 Å². The standard InChI is InChI=1S/C22H28O2/c1-12-10-15(23)11-18-13(2)14(3)20-16-6-7-19(24)21(16,4)9-8-17(20)22(12,18)5/h10-11,13,16-17,20H,3,6-9H2,1-2,4-5H3/t13?,16-,17-,20-,21-,22+/m0/s1. The predicted molar refractivity (Wildman–Crippen MR) is 95.3 cm³/mol. The molecule has 0 amide bonds. The van der Waals surface area contributed by atoms with Crippen LogP contribution in [0.1, 0.15) is 53.4 Å². The quantitative estimate of drug-likeness (QED) is 0.607. The zero-order chi connectivity index (χ0) is 17.4. The van der Waals surface area contributed by atoms with Crippen molar-refractivity contribution in [3.05, 3.63) is 35.5 Å². The van der Waals surface area contributed by atoms with Crippen LogP contribution in [0.4, 0.5) is 0 Å². The van der Waals surface area contributed by atoms with E-state index in [1.807, 2.05) is 12.2 Å². The molecule has 1 unspecified atom stereocenters. The third-order valence-electron chi connectivity index (χ3n) is 8.25. The number of hydrogen-bond acceptors (Lipinski definition) is 2. The molecule has 2 heteroatoms. The first-order valence-electron chi connectivity index (χ1n) is 9.38. The molecule has 0 N–H and O–H groups in total. The van der Waals surface area contributed by atoms with Crippen molar-refractivity contribution < 1.29 is 9.59 Å². The van der Waals surface area contributed by atoms with Crippen molar-refractivity contribution in [2.24, 2.45) is 34.5 Å². The lowest BCUT2D eigenvalue weighted by Crippen LogP contribution is -2.53. The summed E-state index contributed by atoms with van der Waals surface area (Å²) in [5.74, 6) is 2.12. The fourth-order valence-corrected chi connectivity index (χ4v) is 6.58. The van der Waals surface area contributed by atoms with Crippen molar-refractivity contribution in [3.63, 3.8) is 0 Å². The van der Waals surface area contributed by atoms with Crippen LogP contribution in [0, 0.1) is 34.5 Å². The lowest BCUT2D eigenvalue weighted by Gasteiger charge is -2.59. The smallest absolute Gasteiger partial charge is 0.178 e. The molecule has 6 atom stereocenters.